The first-order chi connectivity index (χ1) is 16.1. The summed E-state index contributed by atoms with van der Waals surface area (Å²) in [5, 5.41) is 22.0. The van der Waals surface area contributed by atoms with E-state index in [1.807, 2.05) is 48.8 Å². The number of hydrogen-bond donors (Lipinski definition) is 1. The van der Waals surface area contributed by atoms with Gasteiger partial charge in [-0.25, -0.2) is 9.78 Å². The van der Waals surface area contributed by atoms with Crippen molar-refractivity contribution in [2.45, 2.75) is 13.1 Å². The number of aromatic carboxylic acids is 1. The Morgan fingerprint density at radius 3 is 2.67 bits per heavy atom. The SMILES string of the molecule is COc1cc(-c2nnn(Cc3ccccc3C(=O)O)n2)ccc1Cn1cnc2ccccc21. The van der Waals surface area contributed by atoms with E-state index >= 15 is 0 Å². The number of ether oxygens (including phenoxy) is 1. The van der Waals surface area contributed by atoms with Crippen molar-refractivity contribution < 1.29 is 14.6 Å². The summed E-state index contributed by atoms with van der Waals surface area (Å²) in [6, 6.07) is 20.5. The fourth-order valence-electron chi connectivity index (χ4n) is 3.78. The lowest BCUT2D eigenvalue weighted by Crippen LogP contribution is -2.09. The molecule has 0 fully saturated rings. The van der Waals surface area contributed by atoms with Crippen molar-refractivity contribution in [3.63, 3.8) is 0 Å². The van der Waals surface area contributed by atoms with Gasteiger partial charge in [0.25, 0.3) is 0 Å². The van der Waals surface area contributed by atoms with Gasteiger partial charge in [-0.15, -0.1) is 10.2 Å². The predicted molar refractivity (Wildman–Crippen MR) is 121 cm³/mol. The van der Waals surface area contributed by atoms with Gasteiger partial charge in [0.2, 0.25) is 5.82 Å². The lowest BCUT2D eigenvalue weighted by molar-refractivity contribution is 0.0695. The van der Waals surface area contributed by atoms with Crippen LogP contribution in [0.1, 0.15) is 21.5 Å². The number of nitrogens with zero attached hydrogens (tertiary/aromatic N) is 6. The molecule has 2 aromatic heterocycles. The number of para-hydroxylation sites is 2. The highest BCUT2D eigenvalue weighted by atomic mass is 16.5. The monoisotopic (exact) mass is 440 g/mol. The Morgan fingerprint density at radius 2 is 1.82 bits per heavy atom. The molecule has 0 spiro atoms. The Kier molecular flexibility index (Phi) is 5.27. The lowest BCUT2D eigenvalue weighted by atomic mass is 10.1. The normalized spacial score (nSPS) is 11.1. The maximum atomic E-state index is 11.4. The molecule has 0 atom stereocenters. The van der Waals surface area contributed by atoms with Gasteiger partial charge in [0.05, 0.1) is 43.1 Å². The third kappa shape index (κ3) is 4.03. The molecule has 33 heavy (non-hydrogen) atoms. The van der Waals surface area contributed by atoms with Gasteiger partial charge in [0.15, 0.2) is 0 Å². The largest absolute Gasteiger partial charge is 0.496 e. The average Bonchev–Trinajstić information content (AvgIpc) is 3.47. The zero-order valence-corrected chi connectivity index (χ0v) is 17.8. The number of imidazole rings is 1. The second-order valence-electron chi connectivity index (χ2n) is 7.49. The molecule has 0 radical (unpaired) electrons. The van der Waals surface area contributed by atoms with Crippen LogP contribution in [0, 0.1) is 0 Å². The minimum Gasteiger partial charge on any atom is -0.496 e. The number of aromatic nitrogens is 6. The van der Waals surface area contributed by atoms with Crippen LogP contribution in [0.2, 0.25) is 0 Å². The molecule has 5 rings (SSSR count). The van der Waals surface area contributed by atoms with Crippen LogP contribution < -0.4 is 4.74 Å². The summed E-state index contributed by atoms with van der Waals surface area (Å²) in [5.41, 5.74) is 4.56. The molecule has 0 saturated heterocycles. The van der Waals surface area contributed by atoms with Crippen molar-refractivity contribution in [1.82, 2.24) is 29.8 Å². The fourth-order valence-corrected chi connectivity index (χ4v) is 3.78. The number of hydrogen-bond acceptors (Lipinski definition) is 6. The minimum absolute atomic E-state index is 0.207. The molecule has 5 aromatic rings. The average molecular weight is 440 g/mol. The molecule has 0 amide bonds. The van der Waals surface area contributed by atoms with Gasteiger partial charge < -0.3 is 14.4 Å². The molecule has 0 aliphatic rings. The van der Waals surface area contributed by atoms with Gasteiger partial charge in [0.1, 0.15) is 5.75 Å². The number of methoxy groups -OCH3 is 1. The summed E-state index contributed by atoms with van der Waals surface area (Å²) in [4.78, 5) is 17.3. The third-order valence-corrected chi connectivity index (χ3v) is 5.43. The van der Waals surface area contributed by atoms with Crippen molar-refractivity contribution in [3.05, 3.63) is 89.7 Å². The molecular weight excluding hydrogens is 420 g/mol. The third-order valence-electron chi connectivity index (χ3n) is 5.43. The van der Waals surface area contributed by atoms with Crippen molar-refractivity contribution in [3.8, 4) is 17.1 Å². The van der Waals surface area contributed by atoms with E-state index in [4.69, 9.17) is 4.74 Å². The van der Waals surface area contributed by atoms with Crippen molar-refractivity contribution in [2.24, 2.45) is 0 Å². The number of carboxylic acids is 1. The van der Waals surface area contributed by atoms with E-state index in [0.29, 0.717) is 23.7 Å². The number of carbonyl (C=O) groups is 1. The number of rotatable bonds is 7. The molecular formula is C24H20N6O3. The Morgan fingerprint density at radius 1 is 1.00 bits per heavy atom. The zero-order valence-electron chi connectivity index (χ0n) is 17.8. The summed E-state index contributed by atoms with van der Waals surface area (Å²) >= 11 is 0. The summed E-state index contributed by atoms with van der Waals surface area (Å²) in [5.74, 6) is 0.149. The van der Waals surface area contributed by atoms with E-state index in [1.165, 1.54) is 4.80 Å². The van der Waals surface area contributed by atoms with Crippen LogP contribution in [-0.2, 0) is 13.1 Å². The lowest BCUT2D eigenvalue weighted by Gasteiger charge is -2.11. The fraction of sp³-hybridized carbons (Fsp3) is 0.125. The van der Waals surface area contributed by atoms with Crippen LogP contribution in [0.4, 0.5) is 0 Å². The van der Waals surface area contributed by atoms with Crippen LogP contribution in [0.25, 0.3) is 22.4 Å². The summed E-state index contributed by atoms with van der Waals surface area (Å²) in [7, 11) is 1.63. The molecule has 9 heteroatoms. The summed E-state index contributed by atoms with van der Waals surface area (Å²) in [6.45, 7) is 0.814. The Hall–Kier alpha value is -4.53. The van der Waals surface area contributed by atoms with Crippen molar-refractivity contribution in [2.75, 3.05) is 7.11 Å². The van der Waals surface area contributed by atoms with Crippen molar-refractivity contribution in [1.29, 1.82) is 0 Å². The predicted octanol–water partition coefficient (Wildman–Crippen LogP) is 3.49. The van der Waals surface area contributed by atoms with Crippen LogP contribution in [0.5, 0.6) is 5.75 Å². The second-order valence-corrected chi connectivity index (χ2v) is 7.49. The Labute approximate surface area is 188 Å². The van der Waals surface area contributed by atoms with E-state index in [9.17, 15) is 9.90 Å². The first-order valence-corrected chi connectivity index (χ1v) is 10.3. The first-order valence-electron chi connectivity index (χ1n) is 10.3. The summed E-state index contributed by atoms with van der Waals surface area (Å²) < 4.78 is 7.70. The molecule has 0 aliphatic carbocycles. The van der Waals surface area contributed by atoms with Gasteiger partial charge in [-0.05, 0) is 35.0 Å². The van der Waals surface area contributed by atoms with Gasteiger partial charge in [-0.3, -0.25) is 0 Å². The van der Waals surface area contributed by atoms with Crippen LogP contribution in [0.3, 0.4) is 0 Å². The number of carboxylic acid groups (broad SMARTS) is 1. The highest BCUT2D eigenvalue weighted by Gasteiger charge is 2.14. The van der Waals surface area contributed by atoms with Gasteiger partial charge in [-0.1, -0.05) is 42.5 Å². The molecule has 2 heterocycles. The number of benzene rings is 3. The maximum absolute atomic E-state index is 11.4. The number of fused-ring (bicyclic) bond motifs is 1. The highest BCUT2D eigenvalue weighted by Crippen LogP contribution is 2.27. The standard InChI is InChI=1S/C24H20N6O3/c1-33-22-12-16(10-11-18(22)13-29-15-25-20-8-4-5-9-21(20)29)23-26-28-30(27-23)14-17-6-2-3-7-19(17)24(31)32/h2-12,15H,13-14H2,1H3,(H,31,32). The van der Waals surface area contributed by atoms with Crippen molar-refractivity contribution >= 4 is 17.0 Å². The molecule has 164 valence electrons. The van der Waals surface area contributed by atoms with E-state index < -0.39 is 5.97 Å². The summed E-state index contributed by atoms with van der Waals surface area (Å²) in [6.07, 6.45) is 1.82. The van der Waals surface area contributed by atoms with E-state index in [1.54, 1.807) is 31.4 Å². The van der Waals surface area contributed by atoms with Gasteiger partial charge in [-0.2, -0.15) is 4.80 Å². The molecule has 0 aliphatic heterocycles. The van der Waals surface area contributed by atoms with Crippen LogP contribution in [-0.4, -0.2) is 47.9 Å². The second kappa shape index (κ2) is 8.54. The molecule has 3 aromatic carbocycles. The van der Waals surface area contributed by atoms with Gasteiger partial charge >= 0.3 is 5.97 Å². The Bertz CT molecular complexity index is 1460. The zero-order chi connectivity index (χ0) is 22.8. The van der Waals surface area contributed by atoms with E-state index in [2.05, 4.69) is 25.0 Å². The molecule has 0 unspecified atom stereocenters. The van der Waals surface area contributed by atoms with Crippen LogP contribution >= 0.6 is 0 Å². The quantitative estimate of drug-likeness (QED) is 0.413. The molecule has 0 saturated carbocycles. The molecule has 0 bridgehead atoms. The smallest absolute Gasteiger partial charge is 0.336 e. The molecule has 1 N–H and O–H groups in total. The van der Waals surface area contributed by atoms with E-state index in [-0.39, 0.29) is 12.1 Å². The number of tetrazole rings is 1. The van der Waals surface area contributed by atoms with Gasteiger partial charge in [0, 0.05) is 11.1 Å². The van der Waals surface area contributed by atoms with Crippen LogP contribution in [0.15, 0.2) is 73.1 Å². The maximum Gasteiger partial charge on any atom is 0.336 e. The Balaban J connectivity index is 1.40. The minimum atomic E-state index is -0.989. The first kappa shape index (κ1) is 20.4. The van der Waals surface area contributed by atoms with E-state index in [0.717, 1.165) is 22.2 Å². The highest BCUT2D eigenvalue weighted by molar-refractivity contribution is 5.89. The topological polar surface area (TPSA) is 108 Å². The molecule has 9 nitrogen and oxygen atoms in total.